The summed E-state index contributed by atoms with van der Waals surface area (Å²) < 4.78 is 0. The maximum absolute atomic E-state index is 0. The van der Waals surface area contributed by atoms with Crippen molar-refractivity contribution >= 4 is 17.4 Å². The van der Waals surface area contributed by atoms with E-state index in [1.165, 1.54) is 0 Å². The normalized spacial score (nSPS) is 0. The molecular formula is H7AlCsKNaRb. The van der Waals surface area contributed by atoms with Gasteiger partial charge in [0, 0.05) is 0 Å². The molecule has 0 aliphatic heterocycles. The summed E-state index contributed by atoms with van der Waals surface area (Å²) in [6.07, 6.45) is 0. The van der Waals surface area contributed by atoms with Crippen LogP contribution in [0.5, 0.6) is 0 Å². The largest absolute Gasteiger partial charge is 1.00 e. The van der Waals surface area contributed by atoms with E-state index in [0.29, 0.717) is 0 Å². The molecule has 0 amide bonds. The van der Waals surface area contributed by atoms with E-state index in [0.717, 1.165) is 0 Å². The van der Waals surface area contributed by atoms with E-state index in [2.05, 4.69) is 0 Å². The first-order chi connectivity index (χ1) is 0. The summed E-state index contributed by atoms with van der Waals surface area (Å²) in [7, 11) is 0. The fourth-order valence-electron chi connectivity index (χ4n) is 0. The standard InChI is InChI=1S/Al.Cs.K.Na.Rb.7H/q;4*+1;;;;4*-1. The van der Waals surface area contributed by atoms with E-state index in [1.54, 1.807) is 0 Å². The molecule has 0 radical (unpaired) electrons. The zero-order valence-corrected chi connectivity index (χ0v) is 20.3. The molecule has 0 saturated heterocycles. The first kappa shape index (κ1) is 29.6. The molecule has 5 heteroatoms. The minimum atomic E-state index is 0. The van der Waals surface area contributed by atoms with Gasteiger partial charge in [0.25, 0.3) is 0 Å². The van der Waals surface area contributed by atoms with Crippen molar-refractivity contribution in [1.29, 1.82) is 0 Å². The topological polar surface area (TPSA) is 0 Å². The van der Waals surface area contributed by atoms with Gasteiger partial charge in [-0.3, -0.25) is 0 Å². The third-order valence-corrected chi connectivity index (χ3v) is 0. The maximum atomic E-state index is 0. The van der Waals surface area contributed by atoms with Crippen LogP contribution < -0.4 is 208 Å². The van der Waals surface area contributed by atoms with Gasteiger partial charge in [0.1, 0.15) is 0 Å². The second-order valence-corrected chi connectivity index (χ2v) is 0. The van der Waals surface area contributed by atoms with Crippen molar-refractivity contribution in [3.8, 4) is 0 Å². The van der Waals surface area contributed by atoms with E-state index < -0.39 is 0 Å². The van der Waals surface area contributed by atoms with Crippen molar-refractivity contribution in [2.45, 2.75) is 0 Å². The van der Waals surface area contributed by atoms with E-state index in [-0.39, 0.29) is 231 Å². The van der Waals surface area contributed by atoms with Crippen LogP contribution in [-0.2, 0) is 0 Å². The summed E-state index contributed by atoms with van der Waals surface area (Å²) in [5.74, 6) is 0. The van der Waals surface area contributed by atoms with Gasteiger partial charge in [0.2, 0.25) is 0 Å². The molecule has 0 unspecified atom stereocenters. The van der Waals surface area contributed by atoms with Crippen LogP contribution in [0, 0.1) is 0 Å². The second-order valence-electron chi connectivity index (χ2n) is 0. The smallest absolute Gasteiger partial charge is 1.00 e. The molecule has 0 aromatic heterocycles. The first-order valence-corrected chi connectivity index (χ1v) is 0. The molecule has 0 aromatic rings. The molecule has 0 nitrogen and oxygen atoms in total. The molecule has 0 atom stereocenters. The first-order valence-electron chi connectivity index (χ1n) is 0. The van der Waals surface area contributed by atoms with Crippen LogP contribution in [0.2, 0.25) is 0 Å². The fraction of sp³-hybridized carbons (Fsp3) is 0. The van der Waals surface area contributed by atoms with Gasteiger partial charge in [-0.15, -0.1) is 0 Å². The Morgan fingerprint density at radius 1 is 1.20 bits per heavy atom. The molecule has 0 spiro atoms. The number of hydrogen-bond donors (Lipinski definition) is 0. The van der Waals surface area contributed by atoms with Gasteiger partial charge in [0.05, 0.1) is 0 Å². The molecule has 14 valence electrons. The quantitative estimate of drug-likeness (QED) is 0.390. The summed E-state index contributed by atoms with van der Waals surface area (Å²) >= 11 is 0. The maximum Gasteiger partial charge on any atom is 1.00 e. The van der Waals surface area contributed by atoms with Crippen LogP contribution in [-0.4, -0.2) is 17.4 Å². The van der Waals surface area contributed by atoms with E-state index >= 15 is 0 Å². The van der Waals surface area contributed by atoms with Crippen molar-refractivity contribution in [2.75, 3.05) is 0 Å². The Labute approximate surface area is 222 Å². The van der Waals surface area contributed by atoms with Gasteiger partial charge in [-0.1, -0.05) is 0 Å². The van der Waals surface area contributed by atoms with Crippen LogP contribution in [0.3, 0.4) is 0 Å². The number of hydrogen-bond acceptors (Lipinski definition) is 0. The van der Waals surface area contributed by atoms with Crippen molar-refractivity contribution in [3.63, 3.8) is 0 Å². The van der Waals surface area contributed by atoms with Crippen molar-refractivity contribution in [3.05, 3.63) is 0 Å². The van der Waals surface area contributed by atoms with Crippen molar-refractivity contribution < 1.29 is 214 Å². The summed E-state index contributed by atoms with van der Waals surface area (Å²) in [5.41, 5.74) is 0. The Hall–Kier alpha value is 7.03. The molecule has 0 aromatic carbocycles. The average Bonchev–Trinajstić information content (AvgIpc) is 0. The second kappa shape index (κ2) is 22.5. The van der Waals surface area contributed by atoms with Crippen LogP contribution in [0.1, 0.15) is 5.71 Å². The Bertz CT molecular complexity index is 20.5. The summed E-state index contributed by atoms with van der Waals surface area (Å²) in [5, 5.41) is 0. The van der Waals surface area contributed by atoms with E-state index in [1.807, 2.05) is 0 Å². The summed E-state index contributed by atoms with van der Waals surface area (Å²) in [4.78, 5) is 0. The monoisotopic (exact) mass is 314 g/mol. The summed E-state index contributed by atoms with van der Waals surface area (Å²) in [6, 6.07) is 0. The molecular weight excluding hydrogens is 307 g/mol. The van der Waals surface area contributed by atoms with Gasteiger partial charge in [-0.05, 0) is 0 Å². The molecule has 0 heterocycles. The predicted molar refractivity (Wildman–Crippen MR) is 14.4 cm³/mol. The van der Waals surface area contributed by atoms with Gasteiger partial charge in [-0.2, -0.15) is 0 Å². The zero-order chi connectivity index (χ0) is 0. The average molecular weight is 314 g/mol. The van der Waals surface area contributed by atoms with Crippen molar-refractivity contribution in [2.24, 2.45) is 0 Å². The molecule has 0 rings (SSSR count). The third-order valence-electron chi connectivity index (χ3n) is 0. The predicted octanol–water partition coefficient (Wildman–Crippen LogP) is -12.7. The number of rotatable bonds is 0. The Kier molecular flexibility index (Phi) is 133. The molecule has 0 N–H and O–H groups in total. The van der Waals surface area contributed by atoms with Crippen LogP contribution in [0.4, 0.5) is 0 Å². The summed E-state index contributed by atoms with van der Waals surface area (Å²) in [6.45, 7) is 0. The SMILES string of the molecule is [AlH3].[Cs+].[H-].[H-].[H-].[H-].[K+].[Na+].[Rb+]. The van der Waals surface area contributed by atoms with Crippen molar-refractivity contribution in [1.82, 2.24) is 0 Å². The Morgan fingerprint density at radius 2 is 1.20 bits per heavy atom. The Morgan fingerprint density at radius 3 is 1.20 bits per heavy atom. The molecule has 0 bridgehead atoms. The molecule has 5 heavy (non-hydrogen) atoms. The zero-order valence-electron chi connectivity index (χ0n) is 8.00. The molecule has 0 aliphatic carbocycles. The minimum absolute atomic E-state index is 0. The van der Waals surface area contributed by atoms with Crippen LogP contribution >= 0.6 is 0 Å². The Balaban J connectivity index is 0. The molecule has 0 saturated carbocycles. The van der Waals surface area contributed by atoms with Crippen LogP contribution in [0.15, 0.2) is 0 Å². The van der Waals surface area contributed by atoms with Gasteiger partial charge < -0.3 is 5.71 Å². The van der Waals surface area contributed by atoms with Gasteiger partial charge in [0.15, 0.2) is 17.4 Å². The van der Waals surface area contributed by atoms with E-state index in [4.69, 9.17) is 0 Å². The fourth-order valence-corrected chi connectivity index (χ4v) is 0. The van der Waals surface area contributed by atoms with E-state index in [9.17, 15) is 0 Å². The molecule has 0 aliphatic rings. The minimum Gasteiger partial charge on any atom is -1.00 e. The van der Waals surface area contributed by atoms with Gasteiger partial charge in [-0.25, -0.2) is 0 Å². The van der Waals surface area contributed by atoms with Gasteiger partial charge >= 0.3 is 208 Å². The van der Waals surface area contributed by atoms with Crippen LogP contribution in [0.25, 0.3) is 0 Å². The molecule has 0 fully saturated rings. The third kappa shape index (κ3) is 18.2.